The first-order valence-corrected chi connectivity index (χ1v) is 6.00. The van der Waals surface area contributed by atoms with Crippen LogP contribution in [-0.2, 0) is 19.2 Å². The average molecular weight is 286 g/mol. The van der Waals surface area contributed by atoms with Crippen molar-refractivity contribution in [3.05, 3.63) is 11.6 Å². The van der Waals surface area contributed by atoms with Crippen molar-refractivity contribution in [1.29, 1.82) is 0 Å². The molecule has 0 aliphatic rings. The Morgan fingerprint density at radius 3 is 1.85 bits per heavy atom. The number of carbonyl (C=O) groups is 4. The van der Waals surface area contributed by atoms with Crippen LogP contribution in [0.1, 0.15) is 32.6 Å². The molecule has 20 heavy (non-hydrogen) atoms. The summed E-state index contributed by atoms with van der Waals surface area (Å²) in [6, 6.07) is 0. The van der Waals surface area contributed by atoms with Gasteiger partial charge in [0.25, 0.3) is 5.41 Å². The van der Waals surface area contributed by atoms with E-state index in [1.54, 1.807) is 0 Å². The van der Waals surface area contributed by atoms with E-state index < -0.39 is 34.7 Å². The van der Waals surface area contributed by atoms with E-state index in [1.165, 1.54) is 0 Å². The van der Waals surface area contributed by atoms with Crippen molar-refractivity contribution in [2.45, 2.75) is 32.6 Å². The molecular formula is C12H18N2O6. The summed E-state index contributed by atoms with van der Waals surface area (Å²) in [5.74, 6) is -6.97. The van der Waals surface area contributed by atoms with Crippen LogP contribution in [0.5, 0.6) is 0 Å². The molecule has 0 unspecified atom stereocenters. The Balaban J connectivity index is 5.80. The molecule has 0 aromatic rings. The third-order valence-corrected chi connectivity index (χ3v) is 2.85. The van der Waals surface area contributed by atoms with Crippen molar-refractivity contribution in [3.8, 4) is 0 Å². The third-order valence-electron chi connectivity index (χ3n) is 2.85. The van der Waals surface area contributed by atoms with Gasteiger partial charge in [-0.3, -0.25) is 14.4 Å². The van der Waals surface area contributed by atoms with Gasteiger partial charge in [-0.15, -0.1) is 0 Å². The topological polar surface area (TPSA) is 161 Å². The molecular weight excluding hydrogens is 268 g/mol. The van der Waals surface area contributed by atoms with E-state index in [-0.39, 0.29) is 6.42 Å². The molecule has 0 aromatic heterocycles. The van der Waals surface area contributed by atoms with Gasteiger partial charge in [0.1, 0.15) is 0 Å². The molecule has 8 heteroatoms. The molecule has 8 nitrogen and oxygen atoms in total. The van der Waals surface area contributed by atoms with Crippen LogP contribution in [0.15, 0.2) is 11.6 Å². The molecule has 6 N–H and O–H groups in total. The second kappa shape index (κ2) is 7.27. The zero-order chi connectivity index (χ0) is 15.9. The molecule has 0 saturated carbocycles. The van der Waals surface area contributed by atoms with Crippen molar-refractivity contribution in [3.63, 3.8) is 0 Å². The summed E-state index contributed by atoms with van der Waals surface area (Å²) >= 11 is 0. The van der Waals surface area contributed by atoms with Crippen LogP contribution < -0.4 is 11.5 Å². The normalized spacial score (nSPS) is 11.9. The predicted molar refractivity (Wildman–Crippen MR) is 68.3 cm³/mol. The number of unbranched alkanes of at least 4 members (excludes halogenated alkanes) is 3. The Morgan fingerprint density at radius 1 is 1.05 bits per heavy atom. The molecule has 0 aliphatic carbocycles. The van der Waals surface area contributed by atoms with Crippen LogP contribution in [0.25, 0.3) is 0 Å². The van der Waals surface area contributed by atoms with E-state index in [0.29, 0.717) is 6.42 Å². The smallest absolute Gasteiger partial charge is 0.333 e. The van der Waals surface area contributed by atoms with Crippen molar-refractivity contribution >= 4 is 23.8 Å². The molecule has 0 atom stereocenters. The summed E-state index contributed by atoms with van der Waals surface area (Å²) in [6.07, 6.45) is 3.45. The van der Waals surface area contributed by atoms with Crippen LogP contribution >= 0.6 is 0 Å². The van der Waals surface area contributed by atoms with Gasteiger partial charge < -0.3 is 21.7 Å². The highest BCUT2D eigenvalue weighted by Crippen LogP contribution is 2.29. The zero-order valence-electron chi connectivity index (χ0n) is 11.1. The quantitative estimate of drug-likeness (QED) is 0.256. The zero-order valence-corrected chi connectivity index (χ0v) is 11.1. The Kier molecular flexibility index (Phi) is 6.40. The van der Waals surface area contributed by atoms with E-state index in [2.05, 4.69) is 0 Å². The van der Waals surface area contributed by atoms with Crippen molar-refractivity contribution < 1.29 is 29.4 Å². The molecule has 0 heterocycles. The van der Waals surface area contributed by atoms with Gasteiger partial charge in [0.15, 0.2) is 0 Å². The number of carboxylic acid groups (broad SMARTS) is 2. The Labute approximate surface area is 115 Å². The lowest BCUT2D eigenvalue weighted by atomic mass is 9.77. The Morgan fingerprint density at radius 2 is 1.55 bits per heavy atom. The molecule has 0 spiro atoms. The number of primary amides is 2. The highest BCUT2D eigenvalue weighted by atomic mass is 16.4. The summed E-state index contributed by atoms with van der Waals surface area (Å²) in [4.78, 5) is 45.2. The van der Waals surface area contributed by atoms with Crippen LogP contribution in [0, 0.1) is 5.41 Å². The molecule has 0 aliphatic heterocycles. The molecule has 2 amide bonds. The summed E-state index contributed by atoms with van der Waals surface area (Å²) in [5.41, 5.74) is 5.86. The first kappa shape index (κ1) is 17.6. The van der Waals surface area contributed by atoms with Crippen molar-refractivity contribution in [1.82, 2.24) is 0 Å². The van der Waals surface area contributed by atoms with E-state index in [1.807, 2.05) is 6.92 Å². The van der Waals surface area contributed by atoms with Gasteiger partial charge in [0, 0.05) is 0 Å². The number of aliphatic carboxylic acids is 2. The number of nitrogens with two attached hydrogens (primary N) is 2. The van der Waals surface area contributed by atoms with Crippen molar-refractivity contribution in [2.24, 2.45) is 16.9 Å². The van der Waals surface area contributed by atoms with Gasteiger partial charge in [-0.05, 0) is 12.8 Å². The van der Waals surface area contributed by atoms with Crippen molar-refractivity contribution in [2.75, 3.05) is 0 Å². The molecule has 0 bridgehead atoms. The van der Waals surface area contributed by atoms with Crippen LogP contribution in [0.2, 0.25) is 0 Å². The van der Waals surface area contributed by atoms with Gasteiger partial charge >= 0.3 is 11.9 Å². The highest BCUT2D eigenvalue weighted by Gasteiger charge is 2.56. The molecule has 0 rings (SSSR count). The molecule has 0 saturated heterocycles. The summed E-state index contributed by atoms with van der Waals surface area (Å²) in [7, 11) is 0. The molecule has 0 fully saturated rings. The van der Waals surface area contributed by atoms with Gasteiger partial charge in [-0.1, -0.05) is 25.8 Å². The number of carbonyl (C=O) groups excluding carboxylic acids is 2. The fourth-order valence-corrected chi connectivity index (χ4v) is 1.75. The van der Waals surface area contributed by atoms with E-state index in [9.17, 15) is 19.2 Å². The van der Waals surface area contributed by atoms with E-state index in [0.717, 1.165) is 18.9 Å². The summed E-state index contributed by atoms with van der Waals surface area (Å²) < 4.78 is 0. The van der Waals surface area contributed by atoms with E-state index in [4.69, 9.17) is 21.7 Å². The highest BCUT2D eigenvalue weighted by molar-refractivity contribution is 6.27. The lowest BCUT2D eigenvalue weighted by Gasteiger charge is -2.23. The lowest BCUT2D eigenvalue weighted by Crippen LogP contribution is -2.55. The fraction of sp³-hybridized carbons (Fsp3) is 0.500. The molecule has 0 radical (unpaired) electrons. The van der Waals surface area contributed by atoms with Crippen LogP contribution in [0.4, 0.5) is 0 Å². The van der Waals surface area contributed by atoms with E-state index >= 15 is 0 Å². The fourth-order valence-electron chi connectivity index (χ4n) is 1.75. The molecule has 112 valence electrons. The van der Waals surface area contributed by atoms with Gasteiger partial charge in [-0.2, -0.15) is 0 Å². The van der Waals surface area contributed by atoms with Gasteiger partial charge in [0.2, 0.25) is 11.8 Å². The number of amides is 2. The maximum Gasteiger partial charge on any atom is 0.333 e. The number of hydrogen-bond acceptors (Lipinski definition) is 4. The van der Waals surface area contributed by atoms with Gasteiger partial charge in [-0.25, -0.2) is 4.79 Å². The SMILES string of the molecule is CCCCCC=C(C(=O)O)C(C(N)=O)(C(N)=O)C(=O)O. The third kappa shape index (κ3) is 3.34. The minimum absolute atomic E-state index is 0.199. The second-order valence-corrected chi connectivity index (χ2v) is 4.20. The Bertz CT molecular complexity index is 419. The maximum absolute atomic E-state index is 11.4. The largest absolute Gasteiger partial charge is 0.480 e. The standard InChI is InChI=1S/C12H18N2O6/c1-2-3-4-5-6-7(8(15)16)12(9(13)17,10(14)18)11(19)20/h6H,2-5H2,1H3,(H2,13,17)(H2,14,18)(H,15,16)(H,19,20). The summed E-state index contributed by atoms with van der Waals surface area (Å²) in [6.45, 7) is 1.93. The lowest BCUT2D eigenvalue weighted by molar-refractivity contribution is -0.159. The maximum atomic E-state index is 11.4. The predicted octanol–water partition coefficient (Wildman–Crippen LogP) is -0.381. The number of hydrogen-bond donors (Lipinski definition) is 4. The number of rotatable bonds is 9. The first-order chi connectivity index (χ1) is 9.22. The molecule has 0 aromatic carbocycles. The monoisotopic (exact) mass is 286 g/mol. The second-order valence-electron chi connectivity index (χ2n) is 4.20. The Hall–Kier alpha value is -2.38. The average Bonchev–Trinajstić information content (AvgIpc) is 2.31. The minimum atomic E-state index is -3.06. The summed E-state index contributed by atoms with van der Waals surface area (Å²) in [5, 5.41) is 18.1. The van der Waals surface area contributed by atoms with Gasteiger partial charge in [0.05, 0.1) is 5.57 Å². The minimum Gasteiger partial charge on any atom is -0.480 e. The van der Waals surface area contributed by atoms with Crippen LogP contribution in [-0.4, -0.2) is 34.0 Å². The number of carboxylic acids is 2. The van der Waals surface area contributed by atoms with Crippen LogP contribution in [0.3, 0.4) is 0 Å². The number of allylic oxidation sites excluding steroid dienone is 1. The first-order valence-electron chi connectivity index (χ1n) is 6.00.